The van der Waals surface area contributed by atoms with Crippen LogP contribution in [-0.4, -0.2) is 32.9 Å². The quantitative estimate of drug-likeness (QED) is 0.341. The van der Waals surface area contributed by atoms with Gasteiger partial charge in [0.25, 0.3) is 0 Å². The summed E-state index contributed by atoms with van der Waals surface area (Å²) < 4.78 is 5.77. The minimum absolute atomic E-state index is 0.694. The van der Waals surface area contributed by atoms with Gasteiger partial charge < -0.3 is 9.32 Å². The fourth-order valence-corrected chi connectivity index (χ4v) is 3.85. The van der Waals surface area contributed by atoms with Crippen LogP contribution < -0.4 is 4.90 Å². The van der Waals surface area contributed by atoms with Crippen molar-refractivity contribution in [1.29, 1.82) is 0 Å². The number of nitrogens with zero attached hydrogens (tertiary/aromatic N) is 5. The average molecular weight is 442 g/mol. The first-order chi connectivity index (χ1) is 16.1. The lowest BCUT2D eigenvalue weighted by Gasteiger charge is -2.28. The van der Waals surface area contributed by atoms with Gasteiger partial charge in [-0.2, -0.15) is 0 Å². The number of hydrogen-bond donors (Lipinski definition) is 0. The van der Waals surface area contributed by atoms with Crippen molar-refractivity contribution in [3.05, 3.63) is 107 Å². The molecule has 0 spiro atoms. The van der Waals surface area contributed by atoms with Crippen molar-refractivity contribution in [2.45, 2.75) is 40.4 Å². The van der Waals surface area contributed by atoms with Crippen LogP contribution >= 0.6 is 0 Å². The monoisotopic (exact) mass is 441 g/mol. The maximum Gasteiger partial charge on any atom is 0.195 e. The smallest absolute Gasteiger partial charge is 0.195 e. The molecule has 170 valence electrons. The third-order valence-corrected chi connectivity index (χ3v) is 5.94. The highest BCUT2D eigenvalue weighted by Crippen LogP contribution is 2.19. The summed E-state index contributed by atoms with van der Waals surface area (Å²) in [6.07, 6.45) is 7.31. The number of pyridine rings is 3. The van der Waals surface area contributed by atoms with Gasteiger partial charge in [-0.15, -0.1) is 0 Å². The Kier molecular flexibility index (Phi) is 7.47. The van der Waals surface area contributed by atoms with Crippen LogP contribution in [0.3, 0.4) is 0 Å². The van der Waals surface area contributed by atoms with Crippen LogP contribution in [0.2, 0.25) is 0 Å². The van der Waals surface area contributed by atoms with E-state index >= 15 is 0 Å². The molecule has 0 saturated heterocycles. The maximum atomic E-state index is 5.77. The van der Waals surface area contributed by atoms with E-state index < -0.39 is 0 Å². The molecule has 0 fully saturated rings. The van der Waals surface area contributed by atoms with Gasteiger partial charge in [0.05, 0.1) is 29.9 Å². The second-order valence-electron chi connectivity index (χ2n) is 8.38. The van der Waals surface area contributed by atoms with E-state index in [0.717, 1.165) is 49.1 Å². The zero-order chi connectivity index (χ0) is 23.0. The molecular formula is C27H31N5O. The number of aromatic nitrogens is 3. The summed E-state index contributed by atoms with van der Waals surface area (Å²) in [5.41, 5.74) is 6.83. The molecule has 33 heavy (non-hydrogen) atoms. The summed E-state index contributed by atoms with van der Waals surface area (Å²) >= 11 is 0. The van der Waals surface area contributed by atoms with Crippen molar-refractivity contribution in [2.24, 2.45) is 0 Å². The Morgan fingerprint density at radius 3 is 1.61 bits per heavy atom. The molecule has 0 aliphatic heterocycles. The molecule has 0 saturated carbocycles. The fraction of sp³-hybridized carbons (Fsp3) is 0.296. The van der Waals surface area contributed by atoms with E-state index in [9.17, 15) is 0 Å². The Morgan fingerprint density at radius 1 is 0.636 bits per heavy atom. The average Bonchev–Trinajstić information content (AvgIpc) is 3.35. The molecule has 4 rings (SSSR count). The summed E-state index contributed by atoms with van der Waals surface area (Å²) in [4.78, 5) is 18.5. The molecule has 0 atom stereocenters. The van der Waals surface area contributed by atoms with E-state index in [1.54, 1.807) is 6.26 Å². The Hall–Kier alpha value is -3.51. The van der Waals surface area contributed by atoms with Gasteiger partial charge >= 0.3 is 0 Å². The lowest BCUT2D eigenvalue weighted by atomic mass is 10.1. The molecule has 0 amide bonds. The van der Waals surface area contributed by atoms with Crippen molar-refractivity contribution in [1.82, 2.24) is 19.9 Å². The van der Waals surface area contributed by atoms with Gasteiger partial charge in [-0.25, -0.2) is 0 Å². The summed E-state index contributed by atoms with van der Waals surface area (Å²) in [5.74, 6) is 0.850. The first kappa shape index (κ1) is 22.7. The largest absolute Gasteiger partial charge is 0.449 e. The van der Waals surface area contributed by atoms with Crippen LogP contribution in [0.25, 0.3) is 0 Å². The van der Waals surface area contributed by atoms with Gasteiger partial charge in [-0.3, -0.25) is 19.9 Å². The second-order valence-corrected chi connectivity index (χ2v) is 8.38. The Morgan fingerprint density at radius 2 is 1.15 bits per heavy atom. The van der Waals surface area contributed by atoms with Crippen LogP contribution in [0.1, 0.15) is 33.8 Å². The standard InChI is InChI=1S/C27H31N5O/c1-21-8-4-12-28-24(21)18-31(19-25-22(2)9-5-13-29-25)15-16-32(27-11-7-17-33-27)20-26-23(3)10-6-14-30-26/h4-14,17H,15-16,18-20H2,1-3H3. The molecule has 0 bridgehead atoms. The van der Waals surface area contributed by atoms with Crippen LogP contribution in [0.4, 0.5) is 5.88 Å². The molecule has 4 aromatic heterocycles. The van der Waals surface area contributed by atoms with E-state index in [2.05, 4.69) is 63.7 Å². The number of furan rings is 1. The molecule has 6 nitrogen and oxygen atoms in total. The van der Waals surface area contributed by atoms with E-state index in [1.165, 1.54) is 16.7 Å². The number of anilines is 1. The van der Waals surface area contributed by atoms with Gasteiger partial charge in [-0.05, 0) is 61.7 Å². The van der Waals surface area contributed by atoms with E-state index in [1.807, 2.05) is 48.9 Å². The summed E-state index contributed by atoms with van der Waals surface area (Å²) in [6.45, 7) is 10.2. The first-order valence-electron chi connectivity index (χ1n) is 11.3. The minimum atomic E-state index is 0.694. The topological polar surface area (TPSA) is 58.3 Å². The van der Waals surface area contributed by atoms with Crippen molar-refractivity contribution in [2.75, 3.05) is 18.0 Å². The molecule has 4 aromatic rings. The SMILES string of the molecule is Cc1cccnc1CN(CCN(Cc1ncccc1C)c1ccco1)Cc1ncccc1C. The van der Waals surface area contributed by atoms with Gasteiger partial charge in [0, 0.05) is 50.8 Å². The van der Waals surface area contributed by atoms with Crippen molar-refractivity contribution >= 4 is 5.88 Å². The predicted octanol–water partition coefficient (Wildman–Crippen LogP) is 5.10. The van der Waals surface area contributed by atoms with E-state index in [-0.39, 0.29) is 0 Å². The predicted molar refractivity (Wildman–Crippen MR) is 131 cm³/mol. The number of aryl methyl sites for hydroxylation is 3. The third-order valence-electron chi connectivity index (χ3n) is 5.94. The number of hydrogen-bond acceptors (Lipinski definition) is 6. The highest BCUT2D eigenvalue weighted by Gasteiger charge is 2.17. The normalized spacial score (nSPS) is 11.2. The Labute approximate surface area is 195 Å². The van der Waals surface area contributed by atoms with Crippen LogP contribution in [0.5, 0.6) is 0 Å². The van der Waals surface area contributed by atoms with Crippen molar-refractivity contribution < 1.29 is 4.42 Å². The van der Waals surface area contributed by atoms with E-state index in [4.69, 9.17) is 4.42 Å². The van der Waals surface area contributed by atoms with Crippen molar-refractivity contribution in [3.63, 3.8) is 0 Å². The molecule has 0 radical (unpaired) electrons. The minimum Gasteiger partial charge on any atom is -0.449 e. The van der Waals surface area contributed by atoms with E-state index in [0.29, 0.717) is 6.54 Å². The molecule has 0 aliphatic carbocycles. The first-order valence-corrected chi connectivity index (χ1v) is 11.3. The fourth-order valence-electron chi connectivity index (χ4n) is 3.85. The third kappa shape index (κ3) is 6.05. The zero-order valence-corrected chi connectivity index (χ0v) is 19.6. The molecule has 6 heteroatoms. The Bertz CT molecular complexity index is 1110. The van der Waals surface area contributed by atoms with Crippen LogP contribution in [0, 0.1) is 20.8 Å². The molecule has 0 aromatic carbocycles. The summed E-state index contributed by atoms with van der Waals surface area (Å²) in [6, 6.07) is 16.2. The molecule has 0 N–H and O–H groups in total. The Balaban J connectivity index is 1.54. The summed E-state index contributed by atoms with van der Waals surface area (Å²) in [5, 5.41) is 0. The maximum absolute atomic E-state index is 5.77. The lowest BCUT2D eigenvalue weighted by molar-refractivity contribution is 0.253. The molecule has 0 unspecified atom stereocenters. The van der Waals surface area contributed by atoms with Crippen molar-refractivity contribution in [3.8, 4) is 0 Å². The van der Waals surface area contributed by atoms with Gasteiger partial charge in [-0.1, -0.05) is 18.2 Å². The van der Waals surface area contributed by atoms with Gasteiger partial charge in [0.2, 0.25) is 0 Å². The molecule has 0 aliphatic rings. The van der Waals surface area contributed by atoms with Crippen LogP contribution in [-0.2, 0) is 19.6 Å². The lowest BCUT2D eigenvalue weighted by Crippen LogP contribution is -2.35. The highest BCUT2D eigenvalue weighted by molar-refractivity contribution is 5.36. The van der Waals surface area contributed by atoms with Gasteiger partial charge in [0.1, 0.15) is 0 Å². The number of rotatable bonds is 10. The molecule has 4 heterocycles. The van der Waals surface area contributed by atoms with Crippen LogP contribution in [0.15, 0.2) is 77.8 Å². The highest BCUT2D eigenvalue weighted by atomic mass is 16.3. The summed E-state index contributed by atoms with van der Waals surface area (Å²) in [7, 11) is 0. The molecular weight excluding hydrogens is 410 g/mol. The zero-order valence-electron chi connectivity index (χ0n) is 19.6. The second kappa shape index (κ2) is 10.9. The van der Waals surface area contributed by atoms with Gasteiger partial charge in [0.15, 0.2) is 5.88 Å².